The number of carbonyl (C=O) groups is 1. The van der Waals surface area contributed by atoms with E-state index in [1.807, 2.05) is 6.92 Å². The molecule has 8 heteroatoms. The van der Waals surface area contributed by atoms with E-state index in [0.29, 0.717) is 24.1 Å². The zero-order chi connectivity index (χ0) is 22.4. The number of nitrogens with one attached hydrogen (secondary N) is 1. The first-order chi connectivity index (χ1) is 14.9. The van der Waals surface area contributed by atoms with Gasteiger partial charge in [0, 0.05) is 19.0 Å². The van der Waals surface area contributed by atoms with Crippen LogP contribution in [0.2, 0.25) is 0 Å². The molecule has 3 aromatic rings. The van der Waals surface area contributed by atoms with E-state index in [1.165, 1.54) is 17.0 Å². The molecule has 3 rings (SSSR count). The van der Waals surface area contributed by atoms with Crippen molar-refractivity contribution in [3.05, 3.63) is 93.4 Å². The monoisotopic (exact) mass is 427 g/mol. The Morgan fingerprint density at radius 1 is 1.06 bits per heavy atom. The van der Waals surface area contributed by atoms with Crippen molar-refractivity contribution in [2.24, 2.45) is 0 Å². The molecule has 31 heavy (non-hydrogen) atoms. The summed E-state index contributed by atoms with van der Waals surface area (Å²) in [5.74, 6) is -2.86. The van der Waals surface area contributed by atoms with Crippen molar-refractivity contribution < 1.29 is 18.7 Å². The van der Waals surface area contributed by atoms with Gasteiger partial charge < -0.3 is 10.0 Å². The van der Waals surface area contributed by atoms with Crippen LogP contribution < -0.4 is 5.43 Å². The third-order valence-corrected chi connectivity index (χ3v) is 5.07. The van der Waals surface area contributed by atoms with Gasteiger partial charge in [-0.1, -0.05) is 43.3 Å². The first kappa shape index (κ1) is 22.1. The summed E-state index contributed by atoms with van der Waals surface area (Å²) in [6.07, 6.45) is 1.72. The van der Waals surface area contributed by atoms with E-state index < -0.39 is 34.6 Å². The van der Waals surface area contributed by atoms with Crippen LogP contribution in [0.5, 0.6) is 5.75 Å². The lowest BCUT2D eigenvalue weighted by atomic mass is 9.87. The minimum Gasteiger partial charge on any atom is -0.502 e. The van der Waals surface area contributed by atoms with Gasteiger partial charge in [-0.25, -0.2) is 8.78 Å². The first-order valence-corrected chi connectivity index (χ1v) is 9.98. The molecule has 1 amide bonds. The number of hydrogen-bond donors (Lipinski definition) is 2. The number of aromatic nitrogens is 2. The van der Waals surface area contributed by atoms with Crippen LogP contribution in [0.4, 0.5) is 8.78 Å². The molecule has 0 aliphatic rings. The smallest absolute Gasteiger partial charge is 0.275 e. The van der Waals surface area contributed by atoms with E-state index in [2.05, 4.69) is 10.2 Å². The topological polar surface area (TPSA) is 86.3 Å². The van der Waals surface area contributed by atoms with Gasteiger partial charge in [0.25, 0.3) is 5.91 Å². The second kappa shape index (κ2) is 9.97. The summed E-state index contributed by atoms with van der Waals surface area (Å²) in [4.78, 5) is 26.0. The van der Waals surface area contributed by atoms with Crippen molar-refractivity contribution >= 4 is 5.91 Å². The summed E-state index contributed by atoms with van der Waals surface area (Å²) in [5, 5.41) is 15.9. The van der Waals surface area contributed by atoms with Gasteiger partial charge in [0.1, 0.15) is 11.6 Å². The fraction of sp³-hybridized carbons (Fsp3) is 0.261. The highest BCUT2D eigenvalue weighted by molar-refractivity contribution is 5.94. The number of nitrogens with zero attached hydrogens (tertiary/aromatic N) is 2. The molecule has 0 fully saturated rings. The number of aromatic amines is 1. The predicted octanol–water partition coefficient (Wildman–Crippen LogP) is 3.83. The average Bonchev–Trinajstić information content (AvgIpc) is 2.76. The maximum Gasteiger partial charge on any atom is 0.275 e. The van der Waals surface area contributed by atoms with Crippen LogP contribution in [-0.2, 0) is 0 Å². The van der Waals surface area contributed by atoms with Crippen LogP contribution in [-0.4, -0.2) is 39.2 Å². The summed E-state index contributed by atoms with van der Waals surface area (Å²) >= 11 is 0. The number of halogens is 2. The van der Waals surface area contributed by atoms with Gasteiger partial charge in [-0.15, -0.1) is 0 Å². The van der Waals surface area contributed by atoms with Gasteiger partial charge in [0.2, 0.25) is 5.43 Å². The Balaban J connectivity index is 1.92. The highest BCUT2D eigenvalue weighted by Gasteiger charge is 2.25. The quantitative estimate of drug-likeness (QED) is 0.572. The summed E-state index contributed by atoms with van der Waals surface area (Å²) in [6.45, 7) is 2.35. The van der Waals surface area contributed by atoms with Crippen LogP contribution in [0.25, 0.3) is 0 Å². The normalized spacial score (nSPS) is 11.0. The molecule has 6 nitrogen and oxygen atoms in total. The molecular formula is C23H23F2N3O3. The summed E-state index contributed by atoms with van der Waals surface area (Å²) in [5.41, 5.74) is -0.424. The van der Waals surface area contributed by atoms with E-state index in [4.69, 9.17) is 0 Å². The Morgan fingerprint density at radius 2 is 1.65 bits per heavy atom. The number of carbonyl (C=O) groups excluding carboxylic acids is 1. The number of amides is 1. The zero-order valence-corrected chi connectivity index (χ0v) is 17.0. The highest BCUT2D eigenvalue weighted by Crippen LogP contribution is 2.32. The van der Waals surface area contributed by atoms with E-state index in [0.717, 1.165) is 6.20 Å². The highest BCUT2D eigenvalue weighted by atomic mass is 19.1. The van der Waals surface area contributed by atoms with Crippen LogP contribution in [0.15, 0.2) is 59.5 Å². The largest absolute Gasteiger partial charge is 0.502 e. The van der Waals surface area contributed by atoms with Crippen molar-refractivity contribution in [2.45, 2.75) is 25.7 Å². The van der Waals surface area contributed by atoms with Crippen molar-refractivity contribution in [2.75, 3.05) is 13.1 Å². The van der Waals surface area contributed by atoms with Crippen LogP contribution >= 0.6 is 0 Å². The molecule has 0 spiro atoms. The van der Waals surface area contributed by atoms with E-state index in [9.17, 15) is 23.5 Å². The Hall–Kier alpha value is -3.55. The molecule has 0 aliphatic carbocycles. The van der Waals surface area contributed by atoms with Gasteiger partial charge in [-0.2, -0.15) is 5.10 Å². The van der Waals surface area contributed by atoms with Crippen molar-refractivity contribution in [1.29, 1.82) is 0 Å². The Kier molecular flexibility index (Phi) is 7.12. The lowest BCUT2D eigenvalue weighted by molar-refractivity contribution is 0.0740. The van der Waals surface area contributed by atoms with E-state index in [-0.39, 0.29) is 18.7 Å². The molecule has 2 N–H and O–H groups in total. The van der Waals surface area contributed by atoms with Crippen LogP contribution in [0.1, 0.15) is 47.3 Å². The lowest BCUT2D eigenvalue weighted by Crippen LogP contribution is -2.35. The summed E-state index contributed by atoms with van der Waals surface area (Å²) < 4.78 is 29.1. The van der Waals surface area contributed by atoms with Gasteiger partial charge >= 0.3 is 0 Å². The van der Waals surface area contributed by atoms with Crippen molar-refractivity contribution in [1.82, 2.24) is 15.1 Å². The summed E-state index contributed by atoms with van der Waals surface area (Å²) in [6, 6.07) is 12.3. The van der Waals surface area contributed by atoms with Gasteiger partial charge in [0.15, 0.2) is 11.4 Å². The molecule has 0 aliphatic heterocycles. The molecule has 0 saturated carbocycles. The molecule has 0 unspecified atom stereocenters. The molecule has 0 saturated heterocycles. The number of aromatic hydroxyl groups is 1. The number of H-pyrrole nitrogens is 1. The number of benzene rings is 2. The van der Waals surface area contributed by atoms with Crippen molar-refractivity contribution in [3.8, 4) is 5.75 Å². The molecule has 0 bridgehead atoms. The average molecular weight is 427 g/mol. The molecular weight excluding hydrogens is 404 g/mol. The Morgan fingerprint density at radius 3 is 2.19 bits per heavy atom. The van der Waals surface area contributed by atoms with E-state index >= 15 is 0 Å². The molecule has 1 aromatic heterocycles. The Labute approximate surface area is 178 Å². The third-order valence-electron chi connectivity index (χ3n) is 5.07. The maximum atomic E-state index is 14.6. The lowest BCUT2D eigenvalue weighted by Gasteiger charge is -2.26. The Bertz CT molecular complexity index is 1070. The van der Waals surface area contributed by atoms with Crippen LogP contribution in [0.3, 0.4) is 0 Å². The fourth-order valence-electron chi connectivity index (χ4n) is 3.56. The van der Waals surface area contributed by atoms with Crippen LogP contribution in [0, 0.1) is 11.6 Å². The van der Waals surface area contributed by atoms with Gasteiger partial charge in [-0.3, -0.25) is 14.7 Å². The zero-order valence-electron chi connectivity index (χ0n) is 17.0. The molecule has 1 heterocycles. The molecule has 0 atom stereocenters. The molecule has 0 radical (unpaired) electrons. The van der Waals surface area contributed by atoms with Gasteiger partial charge in [0.05, 0.1) is 6.20 Å². The predicted molar refractivity (Wildman–Crippen MR) is 112 cm³/mol. The SMILES string of the molecule is CCCN(CCC(c1ccccc1F)c1ccccc1F)C(=O)c1[nH]ncc(=O)c1O. The first-order valence-electron chi connectivity index (χ1n) is 9.98. The minimum absolute atomic E-state index is 0.149. The molecule has 162 valence electrons. The third kappa shape index (κ3) is 4.96. The summed E-state index contributed by atoms with van der Waals surface area (Å²) in [7, 11) is 0. The number of hydrogen-bond acceptors (Lipinski definition) is 4. The molecule has 2 aromatic carbocycles. The van der Waals surface area contributed by atoms with E-state index in [1.54, 1.807) is 36.4 Å². The fourth-order valence-corrected chi connectivity index (χ4v) is 3.56. The number of rotatable bonds is 8. The second-order valence-corrected chi connectivity index (χ2v) is 7.13. The van der Waals surface area contributed by atoms with Crippen molar-refractivity contribution in [3.63, 3.8) is 0 Å². The standard InChI is InChI=1S/C23H23F2N3O3/c1-2-12-28(23(31)21-22(30)20(29)14-26-27-21)13-11-15(16-7-3-5-9-18(16)24)17-8-4-6-10-19(17)25/h3-10,14-15H,2,11-13H2,1H3,(H,26,30)(H,27,29). The second-order valence-electron chi connectivity index (χ2n) is 7.13. The maximum absolute atomic E-state index is 14.6. The minimum atomic E-state index is -0.769. The van der Waals surface area contributed by atoms with Gasteiger partial charge in [-0.05, 0) is 36.1 Å².